The lowest BCUT2D eigenvalue weighted by molar-refractivity contribution is 0.625. The lowest BCUT2D eigenvalue weighted by Crippen LogP contribution is -2.28. The van der Waals surface area contributed by atoms with Crippen molar-refractivity contribution in [3.05, 3.63) is 11.5 Å². The fourth-order valence-corrected chi connectivity index (χ4v) is 2.32. The van der Waals surface area contributed by atoms with E-state index in [2.05, 4.69) is 28.7 Å². The van der Waals surface area contributed by atoms with E-state index in [-0.39, 0.29) is 0 Å². The zero-order valence-electron chi connectivity index (χ0n) is 8.94. The molecule has 0 amide bonds. The number of hydrogen-bond donors (Lipinski definition) is 1. The van der Waals surface area contributed by atoms with Gasteiger partial charge in [0.25, 0.3) is 0 Å². The molecule has 82 valence electrons. The van der Waals surface area contributed by atoms with Crippen LogP contribution in [0.1, 0.15) is 20.3 Å². The Morgan fingerprint density at radius 2 is 2.20 bits per heavy atom. The normalized spacial score (nSPS) is 25.9. The second kappa shape index (κ2) is 3.85. The maximum atomic E-state index is 5.87. The number of aromatic nitrogens is 2. The minimum Gasteiger partial charge on any atom is -0.393 e. The minimum absolute atomic E-state index is 0.340. The highest BCUT2D eigenvalue weighted by molar-refractivity contribution is 6.32. The van der Waals surface area contributed by atoms with Crippen molar-refractivity contribution < 1.29 is 0 Å². The summed E-state index contributed by atoms with van der Waals surface area (Å²) >= 11 is 5.87. The summed E-state index contributed by atoms with van der Waals surface area (Å²) in [4.78, 5) is 10.3. The maximum Gasteiger partial charge on any atom is 0.157 e. The van der Waals surface area contributed by atoms with Crippen LogP contribution in [0.5, 0.6) is 0 Å². The molecular formula is C10H15ClN4. The topological polar surface area (TPSA) is 55.0 Å². The molecular weight excluding hydrogens is 212 g/mol. The average molecular weight is 227 g/mol. The SMILES string of the molecule is CC1CC(C)N(c2ncnc(Cl)c2N)C1. The molecule has 2 rings (SSSR count). The number of nitrogen functional groups attached to an aromatic ring is 1. The third-order valence-electron chi connectivity index (χ3n) is 2.87. The summed E-state index contributed by atoms with van der Waals surface area (Å²) in [5, 5.41) is 0.340. The summed E-state index contributed by atoms with van der Waals surface area (Å²) in [5.74, 6) is 1.44. The molecule has 0 aliphatic carbocycles. The first kappa shape index (κ1) is 10.5. The van der Waals surface area contributed by atoms with Crippen molar-refractivity contribution in [1.82, 2.24) is 9.97 Å². The van der Waals surface area contributed by atoms with Crippen molar-refractivity contribution in [1.29, 1.82) is 0 Å². The maximum absolute atomic E-state index is 5.87. The zero-order chi connectivity index (χ0) is 11.0. The molecule has 4 nitrogen and oxygen atoms in total. The second-order valence-corrected chi connectivity index (χ2v) is 4.60. The van der Waals surface area contributed by atoms with Crippen molar-refractivity contribution in [3.63, 3.8) is 0 Å². The molecule has 2 N–H and O–H groups in total. The zero-order valence-corrected chi connectivity index (χ0v) is 9.70. The first-order valence-corrected chi connectivity index (χ1v) is 5.50. The highest BCUT2D eigenvalue weighted by Gasteiger charge is 2.28. The minimum atomic E-state index is 0.340. The number of nitrogens with zero attached hydrogens (tertiary/aromatic N) is 3. The van der Waals surface area contributed by atoms with Gasteiger partial charge in [-0.1, -0.05) is 18.5 Å². The van der Waals surface area contributed by atoms with Crippen LogP contribution in [0.2, 0.25) is 5.15 Å². The molecule has 1 aromatic rings. The van der Waals surface area contributed by atoms with E-state index in [1.807, 2.05) is 0 Å². The fourth-order valence-electron chi connectivity index (χ4n) is 2.19. The molecule has 1 aliphatic heterocycles. The van der Waals surface area contributed by atoms with E-state index in [0.717, 1.165) is 12.4 Å². The predicted octanol–water partition coefficient (Wildman–Crippen LogP) is 1.95. The predicted molar refractivity (Wildman–Crippen MR) is 62.0 cm³/mol. The molecule has 0 saturated carbocycles. The Balaban J connectivity index is 2.33. The largest absolute Gasteiger partial charge is 0.393 e. The molecule has 0 radical (unpaired) electrons. The average Bonchev–Trinajstić information content (AvgIpc) is 2.50. The van der Waals surface area contributed by atoms with Crippen molar-refractivity contribution in [2.45, 2.75) is 26.3 Å². The molecule has 1 aliphatic rings. The monoisotopic (exact) mass is 226 g/mol. The Kier molecular flexibility index (Phi) is 2.69. The van der Waals surface area contributed by atoms with E-state index in [9.17, 15) is 0 Å². The third-order valence-corrected chi connectivity index (χ3v) is 3.17. The van der Waals surface area contributed by atoms with E-state index in [1.165, 1.54) is 12.7 Å². The van der Waals surface area contributed by atoms with Crippen LogP contribution in [0, 0.1) is 5.92 Å². The van der Waals surface area contributed by atoms with Crippen LogP contribution in [-0.2, 0) is 0 Å². The van der Waals surface area contributed by atoms with E-state index in [4.69, 9.17) is 17.3 Å². The molecule has 2 heterocycles. The number of nitrogens with two attached hydrogens (primary N) is 1. The Hall–Kier alpha value is -1.03. The first-order chi connectivity index (χ1) is 7.09. The molecule has 15 heavy (non-hydrogen) atoms. The van der Waals surface area contributed by atoms with Crippen LogP contribution in [0.15, 0.2) is 6.33 Å². The van der Waals surface area contributed by atoms with E-state index in [0.29, 0.717) is 22.8 Å². The molecule has 0 bridgehead atoms. The van der Waals surface area contributed by atoms with Crippen molar-refractivity contribution in [2.75, 3.05) is 17.2 Å². The fraction of sp³-hybridized carbons (Fsp3) is 0.600. The van der Waals surface area contributed by atoms with E-state index in [1.54, 1.807) is 0 Å². The Morgan fingerprint density at radius 1 is 1.47 bits per heavy atom. The van der Waals surface area contributed by atoms with Crippen molar-refractivity contribution in [2.24, 2.45) is 5.92 Å². The van der Waals surface area contributed by atoms with Gasteiger partial charge in [0, 0.05) is 12.6 Å². The smallest absolute Gasteiger partial charge is 0.157 e. The quantitative estimate of drug-likeness (QED) is 0.744. The number of rotatable bonds is 1. The Bertz CT molecular complexity index is 368. The van der Waals surface area contributed by atoms with Gasteiger partial charge in [-0.15, -0.1) is 0 Å². The molecule has 0 aromatic carbocycles. The lowest BCUT2D eigenvalue weighted by Gasteiger charge is -2.23. The van der Waals surface area contributed by atoms with Gasteiger partial charge in [0.05, 0.1) is 0 Å². The Morgan fingerprint density at radius 3 is 2.80 bits per heavy atom. The van der Waals surface area contributed by atoms with Gasteiger partial charge in [0.2, 0.25) is 0 Å². The molecule has 2 unspecified atom stereocenters. The number of hydrogen-bond acceptors (Lipinski definition) is 4. The van der Waals surface area contributed by atoms with Gasteiger partial charge in [0.15, 0.2) is 11.0 Å². The highest BCUT2D eigenvalue weighted by atomic mass is 35.5. The van der Waals surface area contributed by atoms with Gasteiger partial charge in [-0.05, 0) is 19.3 Å². The summed E-state index contributed by atoms with van der Waals surface area (Å²) < 4.78 is 0. The molecule has 5 heteroatoms. The van der Waals surface area contributed by atoms with Gasteiger partial charge in [-0.25, -0.2) is 9.97 Å². The van der Waals surface area contributed by atoms with Crippen molar-refractivity contribution in [3.8, 4) is 0 Å². The number of anilines is 2. The first-order valence-electron chi connectivity index (χ1n) is 5.12. The van der Waals surface area contributed by atoms with Gasteiger partial charge in [-0.3, -0.25) is 0 Å². The summed E-state index contributed by atoms with van der Waals surface area (Å²) in [7, 11) is 0. The van der Waals surface area contributed by atoms with E-state index >= 15 is 0 Å². The molecule has 2 atom stereocenters. The summed E-state index contributed by atoms with van der Waals surface area (Å²) in [6.07, 6.45) is 2.63. The van der Waals surface area contributed by atoms with Crippen molar-refractivity contribution >= 4 is 23.1 Å². The van der Waals surface area contributed by atoms with Gasteiger partial charge >= 0.3 is 0 Å². The third kappa shape index (κ3) is 1.86. The summed E-state index contributed by atoms with van der Waals surface area (Å²) in [5.41, 5.74) is 6.36. The van der Waals surface area contributed by atoms with E-state index < -0.39 is 0 Å². The molecule has 0 spiro atoms. The van der Waals surface area contributed by atoms with Crippen LogP contribution in [0.4, 0.5) is 11.5 Å². The highest BCUT2D eigenvalue weighted by Crippen LogP contribution is 2.32. The van der Waals surface area contributed by atoms with Crippen LogP contribution in [-0.4, -0.2) is 22.6 Å². The second-order valence-electron chi connectivity index (χ2n) is 4.24. The van der Waals surface area contributed by atoms with Crippen LogP contribution in [0.3, 0.4) is 0 Å². The van der Waals surface area contributed by atoms with Gasteiger partial charge in [0.1, 0.15) is 12.0 Å². The van der Waals surface area contributed by atoms with Gasteiger partial charge in [-0.2, -0.15) is 0 Å². The van der Waals surface area contributed by atoms with Gasteiger partial charge < -0.3 is 10.6 Å². The van der Waals surface area contributed by atoms with Crippen LogP contribution < -0.4 is 10.6 Å². The van der Waals surface area contributed by atoms with Crippen LogP contribution in [0.25, 0.3) is 0 Å². The molecule has 1 aromatic heterocycles. The van der Waals surface area contributed by atoms with Crippen LogP contribution >= 0.6 is 11.6 Å². The Labute approximate surface area is 94.5 Å². The lowest BCUT2D eigenvalue weighted by atomic mass is 10.1. The number of halogens is 1. The molecule has 1 saturated heterocycles. The summed E-state index contributed by atoms with van der Waals surface area (Å²) in [6, 6.07) is 0.466. The molecule has 1 fully saturated rings. The summed E-state index contributed by atoms with van der Waals surface area (Å²) in [6.45, 7) is 5.40. The standard InChI is InChI=1S/C10H15ClN4/c1-6-3-7(2)15(4-6)10-8(12)9(11)13-5-14-10/h5-7H,3-4,12H2,1-2H3.